The second kappa shape index (κ2) is 8.43. The predicted molar refractivity (Wildman–Crippen MR) is 102 cm³/mol. The fourth-order valence-electron chi connectivity index (χ4n) is 3.64. The standard InChI is InChI=1S/C21H29N3O/c1-17(24-11-7-3-4-8-12-24)13-21(25)23(2)16-18-14-19-9-5-6-10-20(19)22-15-18/h5-6,9-10,14-15,17H,3-4,7-8,11-13,16H2,1-2H3/t17-/m0/s1. The van der Waals surface area contributed by atoms with Crippen molar-refractivity contribution in [2.45, 2.75) is 51.6 Å². The molecule has 0 radical (unpaired) electrons. The minimum atomic E-state index is 0.213. The van der Waals surface area contributed by atoms with E-state index >= 15 is 0 Å². The summed E-state index contributed by atoms with van der Waals surface area (Å²) in [5.41, 5.74) is 2.08. The molecule has 1 fully saturated rings. The highest BCUT2D eigenvalue weighted by atomic mass is 16.2. The largest absolute Gasteiger partial charge is 0.341 e. The van der Waals surface area contributed by atoms with E-state index in [1.807, 2.05) is 36.3 Å². The van der Waals surface area contributed by atoms with Gasteiger partial charge < -0.3 is 9.80 Å². The smallest absolute Gasteiger partial charge is 0.224 e. The number of para-hydroxylation sites is 1. The topological polar surface area (TPSA) is 36.4 Å². The summed E-state index contributed by atoms with van der Waals surface area (Å²) >= 11 is 0. The highest BCUT2D eigenvalue weighted by Crippen LogP contribution is 2.17. The zero-order chi connectivity index (χ0) is 17.6. The molecule has 0 unspecified atom stereocenters. The van der Waals surface area contributed by atoms with Crippen LogP contribution >= 0.6 is 0 Å². The number of carbonyl (C=O) groups excluding carboxylic acids is 1. The van der Waals surface area contributed by atoms with Gasteiger partial charge in [0.2, 0.25) is 5.91 Å². The van der Waals surface area contributed by atoms with Crippen molar-refractivity contribution in [1.82, 2.24) is 14.8 Å². The Morgan fingerprint density at radius 3 is 2.68 bits per heavy atom. The van der Waals surface area contributed by atoms with Gasteiger partial charge >= 0.3 is 0 Å². The van der Waals surface area contributed by atoms with Crippen molar-refractivity contribution in [3.8, 4) is 0 Å². The van der Waals surface area contributed by atoms with Crippen molar-refractivity contribution >= 4 is 16.8 Å². The number of carbonyl (C=O) groups is 1. The van der Waals surface area contributed by atoms with E-state index in [0.29, 0.717) is 19.0 Å². The number of amides is 1. The third-order valence-corrected chi connectivity index (χ3v) is 5.23. The first-order chi connectivity index (χ1) is 12.1. The Labute approximate surface area is 150 Å². The minimum absolute atomic E-state index is 0.213. The molecule has 2 aromatic rings. The molecule has 0 saturated carbocycles. The molecule has 3 rings (SSSR count). The van der Waals surface area contributed by atoms with Crippen molar-refractivity contribution in [3.63, 3.8) is 0 Å². The number of pyridine rings is 1. The number of hydrogen-bond acceptors (Lipinski definition) is 3. The first-order valence-corrected chi connectivity index (χ1v) is 9.45. The van der Waals surface area contributed by atoms with Crippen molar-refractivity contribution in [3.05, 3.63) is 42.1 Å². The Bertz CT molecular complexity index is 707. The van der Waals surface area contributed by atoms with Crippen LogP contribution in [0.1, 0.15) is 44.6 Å². The molecular weight excluding hydrogens is 310 g/mol. The third kappa shape index (κ3) is 4.79. The van der Waals surface area contributed by atoms with Crippen LogP contribution in [0.4, 0.5) is 0 Å². The monoisotopic (exact) mass is 339 g/mol. The molecule has 1 aliphatic rings. The van der Waals surface area contributed by atoms with E-state index in [0.717, 1.165) is 29.6 Å². The summed E-state index contributed by atoms with van der Waals surface area (Å²) in [6.07, 6.45) is 7.65. The number of benzene rings is 1. The van der Waals surface area contributed by atoms with Crippen molar-refractivity contribution in [2.24, 2.45) is 0 Å². The molecule has 0 N–H and O–H groups in total. The molecule has 0 bridgehead atoms. The highest BCUT2D eigenvalue weighted by Gasteiger charge is 2.20. The number of fused-ring (bicyclic) bond motifs is 1. The summed E-state index contributed by atoms with van der Waals surface area (Å²) in [6, 6.07) is 10.5. The van der Waals surface area contributed by atoms with Crippen molar-refractivity contribution < 1.29 is 4.79 Å². The van der Waals surface area contributed by atoms with Gasteiger partial charge in [-0.25, -0.2) is 0 Å². The van der Waals surface area contributed by atoms with Gasteiger partial charge in [0.15, 0.2) is 0 Å². The minimum Gasteiger partial charge on any atom is -0.341 e. The summed E-state index contributed by atoms with van der Waals surface area (Å²) in [7, 11) is 1.90. The quantitative estimate of drug-likeness (QED) is 0.830. The summed E-state index contributed by atoms with van der Waals surface area (Å²) < 4.78 is 0. The Morgan fingerprint density at radius 1 is 1.20 bits per heavy atom. The third-order valence-electron chi connectivity index (χ3n) is 5.23. The molecule has 1 saturated heterocycles. The van der Waals surface area contributed by atoms with Gasteiger partial charge in [0.05, 0.1) is 5.52 Å². The molecule has 0 aliphatic carbocycles. The molecule has 1 aromatic carbocycles. The molecule has 0 spiro atoms. The molecule has 134 valence electrons. The van der Waals surface area contributed by atoms with Gasteiger partial charge in [-0.05, 0) is 50.6 Å². The molecule has 4 nitrogen and oxygen atoms in total. The number of nitrogens with zero attached hydrogens (tertiary/aromatic N) is 3. The van der Waals surface area contributed by atoms with Gasteiger partial charge in [0.1, 0.15) is 0 Å². The van der Waals surface area contributed by atoms with E-state index in [4.69, 9.17) is 0 Å². The van der Waals surface area contributed by atoms with E-state index in [2.05, 4.69) is 28.9 Å². The van der Waals surface area contributed by atoms with Crippen LogP contribution in [0, 0.1) is 0 Å². The normalized spacial score (nSPS) is 17.2. The van der Waals surface area contributed by atoms with Crippen LogP contribution in [-0.4, -0.2) is 46.9 Å². The Balaban J connectivity index is 1.57. The maximum absolute atomic E-state index is 12.6. The zero-order valence-corrected chi connectivity index (χ0v) is 15.4. The number of likely N-dealkylation sites (tertiary alicyclic amines) is 1. The Kier molecular flexibility index (Phi) is 6.03. The number of rotatable bonds is 5. The van der Waals surface area contributed by atoms with Crippen LogP contribution in [0.5, 0.6) is 0 Å². The number of hydrogen-bond donors (Lipinski definition) is 0. The molecule has 1 aromatic heterocycles. The number of aromatic nitrogens is 1. The summed E-state index contributed by atoms with van der Waals surface area (Å²) in [6.45, 7) is 5.07. The molecule has 1 amide bonds. The second-order valence-corrected chi connectivity index (χ2v) is 7.29. The summed E-state index contributed by atoms with van der Waals surface area (Å²) in [4.78, 5) is 21.4. The molecule has 4 heteroatoms. The first kappa shape index (κ1) is 17.9. The van der Waals surface area contributed by atoms with Crippen molar-refractivity contribution in [2.75, 3.05) is 20.1 Å². The van der Waals surface area contributed by atoms with Gasteiger partial charge in [-0.3, -0.25) is 9.78 Å². The maximum Gasteiger partial charge on any atom is 0.224 e. The van der Waals surface area contributed by atoms with Crippen LogP contribution in [0.15, 0.2) is 36.5 Å². The first-order valence-electron chi connectivity index (χ1n) is 9.45. The SMILES string of the molecule is C[C@@H](CC(=O)N(C)Cc1cnc2ccccc2c1)N1CCCCCC1. The molecular formula is C21H29N3O. The molecule has 2 heterocycles. The summed E-state index contributed by atoms with van der Waals surface area (Å²) in [5, 5.41) is 1.12. The van der Waals surface area contributed by atoms with Crippen LogP contribution in [0.2, 0.25) is 0 Å². The van der Waals surface area contributed by atoms with E-state index < -0.39 is 0 Å². The molecule has 1 aliphatic heterocycles. The van der Waals surface area contributed by atoms with E-state index in [1.54, 1.807) is 0 Å². The zero-order valence-electron chi connectivity index (χ0n) is 15.4. The average molecular weight is 339 g/mol. The predicted octanol–water partition coefficient (Wildman–Crippen LogP) is 3.85. The van der Waals surface area contributed by atoms with Crippen molar-refractivity contribution in [1.29, 1.82) is 0 Å². The average Bonchev–Trinajstić information content (AvgIpc) is 2.91. The lowest BCUT2D eigenvalue weighted by atomic mass is 10.1. The van der Waals surface area contributed by atoms with Gasteiger partial charge in [-0.2, -0.15) is 0 Å². The Morgan fingerprint density at radius 2 is 1.92 bits per heavy atom. The summed E-state index contributed by atoms with van der Waals surface area (Å²) in [5.74, 6) is 0.213. The second-order valence-electron chi connectivity index (χ2n) is 7.29. The van der Waals surface area contributed by atoms with Gasteiger partial charge in [-0.1, -0.05) is 31.0 Å². The molecule has 1 atom stereocenters. The van der Waals surface area contributed by atoms with Crippen LogP contribution in [0.3, 0.4) is 0 Å². The van der Waals surface area contributed by atoms with Crippen LogP contribution in [-0.2, 0) is 11.3 Å². The lowest BCUT2D eigenvalue weighted by Crippen LogP contribution is -2.38. The lowest BCUT2D eigenvalue weighted by molar-refractivity contribution is -0.131. The van der Waals surface area contributed by atoms with Crippen LogP contribution < -0.4 is 0 Å². The fraction of sp³-hybridized carbons (Fsp3) is 0.524. The van der Waals surface area contributed by atoms with E-state index in [1.165, 1.54) is 25.7 Å². The van der Waals surface area contributed by atoms with E-state index in [-0.39, 0.29) is 5.91 Å². The van der Waals surface area contributed by atoms with Crippen LogP contribution in [0.25, 0.3) is 10.9 Å². The molecule has 25 heavy (non-hydrogen) atoms. The lowest BCUT2D eigenvalue weighted by Gasteiger charge is -2.28. The highest BCUT2D eigenvalue weighted by molar-refractivity contribution is 5.79. The van der Waals surface area contributed by atoms with E-state index in [9.17, 15) is 4.79 Å². The van der Waals surface area contributed by atoms with Gasteiger partial charge in [0, 0.05) is 37.6 Å². The van der Waals surface area contributed by atoms with Gasteiger partial charge in [-0.15, -0.1) is 0 Å². The Hall–Kier alpha value is -1.94. The maximum atomic E-state index is 12.6. The van der Waals surface area contributed by atoms with Gasteiger partial charge in [0.25, 0.3) is 0 Å². The fourth-order valence-corrected chi connectivity index (χ4v) is 3.64.